The lowest BCUT2D eigenvalue weighted by Gasteiger charge is -2.31. The fourth-order valence-electron chi connectivity index (χ4n) is 3.15. The van der Waals surface area contributed by atoms with E-state index in [0.29, 0.717) is 36.5 Å². The van der Waals surface area contributed by atoms with E-state index in [2.05, 4.69) is 20.2 Å². The van der Waals surface area contributed by atoms with Crippen molar-refractivity contribution in [3.63, 3.8) is 0 Å². The van der Waals surface area contributed by atoms with Gasteiger partial charge in [0, 0.05) is 31.4 Å². The van der Waals surface area contributed by atoms with Gasteiger partial charge in [-0.3, -0.25) is 24.5 Å². The molecule has 31 heavy (non-hydrogen) atoms. The molecule has 164 valence electrons. The third-order valence-corrected chi connectivity index (χ3v) is 5.72. The number of benzene rings is 1. The number of hydrogen-bond donors (Lipinski definition) is 2. The molecule has 0 aliphatic carbocycles. The number of halogens is 1. The summed E-state index contributed by atoms with van der Waals surface area (Å²) < 4.78 is 17.1. The predicted octanol–water partition coefficient (Wildman–Crippen LogP) is 1.50. The Morgan fingerprint density at radius 2 is 2.00 bits per heavy atom. The molecule has 1 aliphatic rings. The zero-order valence-electron chi connectivity index (χ0n) is 16.5. The maximum atomic E-state index is 13.4. The highest BCUT2D eigenvalue weighted by Gasteiger charge is 2.27. The van der Waals surface area contributed by atoms with Crippen molar-refractivity contribution in [1.82, 2.24) is 19.8 Å². The van der Waals surface area contributed by atoms with Gasteiger partial charge in [-0.25, -0.2) is 0 Å². The SMILES string of the molecule is Cc1nnsc1C(=O)N1CCC(CNC(=O)C(=O)Nc2ccc(F)c([N+](=O)[O-])c2)CC1. The average molecular weight is 450 g/mol. The smallest absolute Gasteiger partial charge is 0.313 e. The van der Waals surface area contributed by atoms with Gasteiger partial charge in [0.1, 0.15) is 4.88 Å². The summed E-state index contributed by atoms with van der Waals surface area (Å²) in [6.07, 6.45) is 1.31. The molecule has 0 radical (unpaired) electrons. The molecular formula is C18H19FN6O5S. The number of anilines is 1. The number of aromatic nitrogens is 2. The van der Waals surface area contributed by atoms with Gasteiger partial charge in [-0.2, -0.15) is 4.39 Å². The Bertz CT molecular complexity index is 1020. The topological polar surface area (TPSA) is 147 Å². The fourth-order valence-corrected chi connectivity index (χ4v) is 3.77. The zero-order chi connectivity index (χ0) is 22.5. The second-order valence-electron chi connectivity index (χ2n) is 7.01. The standard InChI is InChI=1S/C18H19FN6O5S/c1-10-15(31-23-22-10)18(28)24-6-4-11(5-7-24)9-20-16(26)17(27)21-12-2-3-13(19)14(8-12)25(29)30/h2-3,8,11H,4-7,9H2,1H3,(H,20,26)(H,21,27). The average Bonchev–Trinajstić information content (AvgIpc) is 3.18. The Kier molecular flexibility index (Phi) is 6.84. The van der Waals surface area contributed by atoms with Gasteiger partial charge in [-0.1, -0.05) is 4.49 Å². The molecule has 1 aromatic carbocycles. The van der Waals surface area contributed by atoms with E-state index in [9.17, 15) is 28.9 Å². The van der Waals surface area contributed by atoms with Crippen LogP contribution >= 0.6 is 11.5 Å². The van der Waals surface area contributed by atoms with Gasteiger partial charge in [0.2, 0.25) is 5.82 Å². The van der Waals surface area contributed by atoms with Crippen LogP contribution in [0, 0.1) is 28.8 Å². The van der Waals surface area contributed by atoms with Crippen LogP contribution in [-0.2, 0) is 9.59 Å². The molecule has 0 unspecified atom stereocenters. The van der Waals surface area contributed by atoms with Crippen LogP contribution in [-0.4, -0.2) is 56.8 Å². The van der Waals surface area contributed by atoms with Crippen LogP contribution in [0.4, 0.5) is 15.8 Å². The second-order valence-corrected chi connectivity index (χ2v) is 7.76. The van der Waals surface area contributed by atoms with E-state index in [1.54, 1.807) is 11.8 Å². The normalized spacial score (nSPS) is 14.2. The summed E-state index contributed by atoms with van der Waals surface area (Å²) >= 11 is 1.06. The molecule has 2 heterocycles. The largest absolute Gasteiger partial charge is 0.348 e. The maximum absolute atomic E-state index is 13.4. The molecule has 0 spiro atoms. The molecule has 1 aliphatic heterocycles. The Labute approximate surface area is 179 Å². The predicted molar refractivity (Wildman–Crippen MR) is 108 cm³/mol. The molecule has 1 fully saturated rings. The second kappa shape index (κ2) is 9.55. The Hall–Kier alpha value is -3.48. The van der Waals surface area contributed by atoms with E-state index in [0.717, 1.165) is 29.7 Å². The summed E-state index contributed by atoms with van der Waals surface area (Å²) in [4.78, 5) is 48.6. The van der Waals surface area contributed by atoms with Gasteiger partial charge in [-0.05, 0) is 49.3 Å². The van der Waals surface area contributed by atoms with Crippen LogP contribution in [0.15, 0.2) is 18.2 Å². The van der Waals surface area contributed by atoms with E-state index in [-0.39, 0.29) is 24.1 Å². The van der Waals surface area contributed by atoms with Gasteiger partial charge in [0.25, 0.3) is 5.91 Å². The molecule has 13 heteroatoms. The van der Waals surface area contributed by atoms with Crippen LogP contribution in [0.3, 0.4) is 0 Å². The minimum Gasteiger partial charge on any atom is -0.348 e. The van der Waals surface area contributed by atoms with Gasteiger partial charge in [0.15, 0.2) is 0 Å². The number of amides is 3. The first-order chi connectivity index (χ1) is 14.8. The van der Waals surface area contributed by atoms with Crippen molar-refractivity contribution < 1.29 is 23.7 Å². The van der Waals surface area contributed by atoms with Crippen LogP contribution in [0.1, 0.15) is 28.2 Å². The van der Waals surface area contributed by atoms with E-state index < -0.39 is 28.2 Å². The Balaban J connectivity index is 1.45. The van der Waals surface area contributed by atoms with E-state index >= 15 is 0 Å². The third kappa shape index (κ3) is 5.36. The van der Waals surface area contributed by atoms with Crippen molar-refractivity contribution in [3.8, 4) is 0 Å². The van der Waals surface area contributed by atoms with Crippen LogP contribution in [0.5, 0.6) is 0 Å². The Morgan fingerprint density at radius 3 is 2.61 bits per heavy atom. The first kappa shape index (κ1) is 22.2. The summed E-state index contributed by atoms with van der Waals surface area (Å²) in [5.74, 6) is -2.98. The molecule has 1 aromatic heterocycles. The number of rotatable bonds is 5. The highest BCUT2D eigenvalue weighted by molar-refractivity contribution is 7.07. The van der Waals surface area contributed by atoms with E-state index in [1.807, 2.05) is 0 Å². The van der Waals surface area contributed by atoms with Crippen LogP contribution < -0.4 is 10.6 Å². The lowest BCUT2D eigenvalue weighted by molar-refractivity contribution is -0.387. The number of carbonyl (C=O) groups excluding carboxylic acids is 3. The minimum atomic E-state index is -1.04. The van der Waals surface area contributed by atoms with Gasteiger partial charge < -0.3 is 15.5 Å². The summed E-state index contributed by atoms with van der Waals surface area (Å²) in [7, 11) is 0. The van der Waals surface area contributed by atoms with E-state index in [4.69, 9.17) is 0 Å². The number of nitrogens with one attached hydrogen (secondary N) is 2. The summed E-state index contributed by atoms with van der Waals surface area (Å²) in [6, 6.07) is 2.80. The molecule has 1 saturated heterocycles. The monoisotopic (exact) mass is 450 g/mol. The van der Waals surface area contributed by atoms with Crippen molar-refractivity contribution in [1.29, 1.82) is 0 Å². The molecule has 3 amide bonds. The number of aryl methyl sites for hydroxylation is 1. The number of nitro benzene ring substituents is 1. The van der Waals surface area contributed by atoms with Crippen LogP contribution in [0.25, 0.3) is 0 Å². The minimum absolute atomic E-state index is 0.0621. The fraction of sp³-hybridized carbons (Fsp3) is 0.389. The number of piperidine rings is 1. The number of nitro groups is 1. The molecule has 0 atom stereocenters. The molecule has 0 saturated carbocycles. The maximum Gasteiger partial charge on any atom is 0.313 e. The molecule has 0 bridgehead atoms. The van der Waals surface area contributed by atoms with Crippen molar-refractivity contribution in [2.24, 2.45) is 5.92 Å². The zero-order valence-corrected chi connectivity index (χ0v) is 17.3. The van der Waals surface area contributed by atoms with Crippen molar-refractivity contribution in [3.05, 3.63) is 44.7 Å². The van der Waals surface area contributed by atoms with Gasteiger partial charge in [0.05, 0.1) is 10.6 Å². The summed E-state index contributed by atoms with van der Waals surface area (Å²) in [6.45, 7) is 3.01. The highest BCUT2D eigenvalue weighted by Crippen LogP contribution is 2.22. The number of likely N-dealkylation sites (tertiary alicyclic amines) is 1. The lowest BCUT2D eigenvalue weighted by atomic mass is 9.96. The first-order valence-electron chi connectivity index (χ1n) is 9.37. The summed E-state index contributed by atoms with van der Waals surface area (Å²) in [5.41, 5.74) is -0.265. The number of hydrogen-bond acceptors (Lipinski definition) is 8. The molecule has 11 nitrogen and oxygen atoms in total. The molecule has 3 rings (SSSR count). The van der Waals surface area contributed by atoms with E-state index in [1.165, 1.54) is 0 Å². The lowest BCUT2D eigenvalue weighted by Crippen LogP contribution is -2.43. The molecule has 2 aromatic rings. The summed E-state index contributed by atoms with van der Waals surface area (Å²) in [5, 5.41) is 19.3. The number of nitrogens with zero attached hydrogens (tertiary/aromatic N) is 4. The quantitative estimate of drug-likeness (QED) is 0.398. The number of carbonyl (C=O) groups is 3. The van der Waals surface area contributed by atoms with Crippen LogP contribution in [0.2, 0.25) is 0 Å². The highest BCUT2D eigenvalue weighted by atomic mass is 32.1. The van der Waals surface area contributed by atoms with Gasteiger partial charge in [-0.15, -0.1) is 5.10 Å². The Morgan fingerprint density at radius 1 is 1.29 bits per heavy atom. The van der Waals surface area contributed by atoms with Crippen molar-refractivity contribution in [2.75, 3.05) is 25.0 Å². The molecular weight excluding hydrogens is 431 g/mol. The molecule has 2 N–H and O–H groups in total. The van der Waals surface area contributed by atoms with Crippen molar-refractivity contribution in [2.45, 2.75) is 19.8 Å². The first-order valence-corrected chi connectivity index (χ1v) is 10.1. The van der Waals surface area contributed by atoms with Gasteiger partial charge >= 0.3 is 17.5 Å². The third-order valence-electron chi connectivity index (χ3n) is 4.91. The van der Waals surface area contributed by atoms with Crippen molar-refractivity contribution >= 4 is 40.6 Å².